The molecule has 5 heteroatoms. The highest BCUT2D eigenvalue weighted by molar-refractivity contribution is 8.00. The zero-order valence-corrected chi connectivity index (χ0v) is 16.5. The molecule has 0 bridgehead atoms. The van der Waals surface area contributed by atoms with Gasteiger partial charge in [0.1, 0.15) is 11.9 Å². The highest BCUT2D eigenvalue weighted by Crippen LogP contribution is 2.53. The molecule has 0 amide bonds. The van der Waals surface area contributed by atoms with E-state index in [0.29, 0.717) is 17.9 Å². The molecule has 3 atom stereocenters. The van der Waals surface area contributed by atoms with Crippen molar-refractivity contribution in [1.82, 2.24) is 0 Å². The summed E-state index contributed by atoms with van der Waals surface area (Å²) in [5.74, 6) is 3.91. The Kier molecular flexibility index (Phi) is 4.35. The fourth-order valence-electron chi connectivity index (χ4n) is 4.19. The van der Waals surface area contributed by atoms with Crippen LogP contribution in [0.5, 0.6) is 5.75 Å². The lowest BCUT2D eigenvalue weighted by atomic mass is 9.77. The summed E-state index contributed by atoms with van der Waals surface area (Å²) in [6, 6.07) is 12.5. The Morgan fingerprint density at radius 2 is 1.77 bits per heavy atom. The van der Waals surface area contributed by atoms with Crippen molar-refractivity contribution in [2.24, 2.45) is 5.92 Å². The second kappa shape index (κ2) is 6.70. The van der Waals surface area contributed by atoms with Crippen LogP contribution in [-0.2, 0) is 0 Å². The molecule has 1 fully saturated rings. The molecule has 134 valence electrons. The van der Waals surface area contributed by atoms with Gasteiger partial charge in [-0.3, -0.25) is 0 Å². The van der Waals surface area contributed by atoms with Crippen LogP contribution in [0.4, 0.5) is 5.69 Å². The van der Waals surface area contributed by atoms with E-state index in [1.54, 1.807) is 0 Å². The molecule has 2 aromatic rings. The van der Waals surface area contributed by atoms with Crippen molar-refractivity contribution in [3.63, 3.8) is 0 Å². The number of nitrogens with one attached hydrogen (secondary N) is 1. The van der Waals surface area contributed by atoms with Crippen molar-refractivity contribution in [1.29, 1.82) is 0 Å². The molecule has 0 aromatic heterocycles. The maximum Gasteiger partial charge on any atom is 0.119 e. The first-order valence-electron chi connectivity index (χ1n) is 8.96. The van der Waals surface area contributed by atoms with Crippen LogP contribution in [0.15, 0.2) is 48.6 Å². The maximum absolute atomic E-state index is 6.51. The molecular weight excluding hydrogens is 385 g/mol. The van der Waals surface area contributed by atoms with E-state index in [0.717, 1.165) is 45.0 Å². The van der Waals surface area contributed by atoms with E-state index < -0.39 is 0 Å². The summed E-state index contributed by atoms with van der Waals surface area (Å²) in [7, 11) is 0. The van der Waals surface area contributed by atoms with Gasteiger partial charge in [0.2, 0.25) is 0 Å². The van der Waals surface area contributed by atoms with Gasteiger partial charge in [0, 0.05) is 28.0 Å². The lowest BCUT2D eigenvalue weighted by molar-refractivity contribution is 0.240. The molecule has 2 aliphatic heterocycles. The smallest absolute Gasteiger partial charge is 0.119 e. The Balaban J connectivity index is 1.46. The Morgan fingerprint density at radius 3 is 2.50 bits per heavy atom. The molecule has 2 aromatic carbocycles. The quantitative estimate of drug-likeness (QED) is 0.606. The molecule has 0 spiro atoms. The third-order valence-corrected chi connectivity index (χ3v) is 7.42. The minimum atomic E-state index is 0.215. The SMILES string of the molecule is Clc1ccc(Cl)c2c1N[C@H](c1ccc(OC3CSC3)cc1)[C@H]1CC=C[C@H]21. The number of fused-ring (bicyclic) bond motifs is 3. The Bertz CT molecular complexity index is 863. The van der Waals surface area contributed by atoms with Crippen LogP contribution in [-0.4, -0.2) is 17.6 Å². The van der Waals surface area contributed by atoms with Gasteiger partial charge in [0.15, 0.2) is 0 Å². The second-order valence-electron chi connectivity index (χ2n) is 7.14. The number of hydrogen-bond acceptors (Lipinski definition) is 3. The number of benzene rings is 2. The first-order valence-corrected chi connectivity index (χ1v) is 10.9. The minimum Gasteiger partial charge on any atom is -0.489 e. The first-order chi connectivity index (χ1) is 12.7. The van der Waals surface area contributed by atoms with Gasteiger partial charge in [0.05, 0.1) is 16.8 Å². The fraction of sp³-hybridized carbons (Fsp3) is 0.333. The molecule has 0 radical (unpaired) electrons. The van der Waals surface area contributed by atoms with Gasteiger partial charge in [-0.15, -0.1) is 0 Å². The number of rotatable bonds is 3. The van der Waals surface area contributed by atoms with Gasteiger partial charge in [-0.2, -0.15) is 11.8 Å². The summed E-state index contributed by atoms with van der Waals surface area (Å²) in [4.78, 5) is 0. The first kappa shape index (κ1) is 16.9. The number of thioether (sulfide) groups is 1. The summed E-state index contributed by atoms with van der Waals surface area (Å²) in [6.45, 7) is 0. The van der Waals surface area contributed by atoms with E-state index in [9.17, 15) is 0 Å². The van der Waals surface area contributed by atoms with Gasteiger partial charge < -0.3 is 10.1 Å². The summed E-state index contributed by atoms with van der Waals surface area (Å²) >= 11 is 14.9. The molecular formula is C21H19Cl2NOS. The average molecular weight is 404 g/mol. The van der Waals surface area contributed by atoms with Gasteiger partial charge in [0.25, 0.3) is 0 Å². The van der Waals surface area contributed by atoms with Crippen molar-refractivity contribution in [2.75, 3.05) is 16.8 Å². The van der Waals surface area contributed by atoms with Crippen molar-refractivity contribution in [3.8, 4) is 5.75 Å². The van der Waals surface area contributed by atoms with Crippen LogP contribution in [0.25, 0.3) is 0 Å². The van der Waals surface area contributed by atoms with Crippen LogP contribution in [0, 0.1) is 5.92 Å². The van der Waals surface area contributed by atoms with Crippen molar-refractivity contribution in [2.45, 2.75) is 24.5 Å². The molecule has 1 saturated heterocycles. The molecule has 3 aliphatic rings. The number of allylic oxidation sites excluding steroid dienone is 2. The van der Waals surface area contributed by atoms with Crippen molar-refractivity contribution >= 4 is 40.7 Å². The maximum atomic E-state index is 6.51. The summed E-state index contributed by atoms with van der Waals surface area (Å²) in [5, 5.41) is 5.20. The highest BCUT2D eigenvalue weighted by Gasteiger charge is 2.39. The van der Waals surface area contributed by atoms with E-state index >= 15 is 0 Å². The Hall–Kier alpha value is -1.29. The van der Waals surface area contributed by atoms with E-state index in [-0.39, 0.29) is 6.04 Å². The topological polar surface area (TPSA) is 21.3 Å². The van der Waals surface area contributed by atoms with Gasteiger partial charge in [-0.1, -0.05) is 47.5 Å². The minimum absolute atomic E-state index is 0.215. The number of hydrogen-bond donors (Lipinski definition) is 1. The van der Waals surface area contributed by atoms with Crippen LogP contribution >= 0.6 is 35.0 Å². The summed E-state index contributed by atoms with van der Waals surface area (Å²) < 4.78 is 5.98. The number of ether oxygens (including phenoxy) is 1. The Labute approximate surface area is 167 Å². The van der Waals surface area contributed by atoms with E-state index in [2.05, 4.69) is 41.7 Å². The predicted molar refractivity (Wildman–Crippen MR) is 111 cm³/mol. The third kappa shape index (κ3) is 2.81. The van der Waals surface area contributed by atoms with Crippen LogP contribution in [0.2, 0.25) is 10.0 Å². The molecule has 1 N–H and O–H groups in total. The van der Waals surface area contributed by atoms with Gasteiger partial charge in [-0.05, 0) is 42.2 Å². The number of halogens is 2. The van der Waals surface area contributed by atoms with E-state index in [4.69, 9.17) is 27.9 Å². The zero-order valence-electron chi connectivity index (χ0n) is 14.1. The van der Waals surface area contributed by atoms with Crippen LogP contribution in [0.3, 0.4) is 0 Å². The molecule has 0 saturated carbocycles. The van der Waals surface area contributed by atoms with Crippen LogP contribution in [0.1, 0.15) is 29.5 Å². The standard InChI is InChI=1S/C21H19Cl2NOS/c22-17-8-9-18(23)21-19(17)15-2-1-3-16(15)20(24-21)12-4-6-13(7-5-12)25-14-10-26-11-14/h1-2,4-9,14-16,20,24H,3,10-11H2/t15-,16-,20+/m0/s1. The third-order valence-electron chi connectivity index (χ3n) is 5.57. The van der Waals surface area contributed by atoms with E-state index in [1.165, 1.54) is 5.56 Å². The van der Waals surface area contributed by atoms with Crippen molar-refractivity contribution in [3.05, 3.63) is 69.7 Å². The zero-order chi connectivity index (χ0) is 17.7. The molecule has 2 nitrogen and oxygen atoms in total. The molecule has 0 unspecified atom stereocenters. The Morgan fingerprint density at radius 1 is 1.00 bits per heavy atom. The lowest BCUT2D eigenvalue weighted by Crippen LogP contribution is -2.31. The van der Waals surface area contributed by atoms with Crippen molar-refractivity contribution < 1.29 is 4.74 Å². The average Bonchev–Trinajstić information content (AvgIpc) is 3.10. The predicted octanol–water partition coefficient (Wildman–Crippen LogP) is 6.31. The normalized spacial score (nSPS) is 26.6. The molecule has 5 rings (SSSR count). The molecule has 2 heterocycles. The van der Waals surface area contributed by atoms with Crippen LogP contribution < -0.4 is 10.1 Å². The highest BCUT2D eigenvalue weighted by atomic mass is 35.5. The van der Waals surface area contributed by atoms with E-state index in [1.807, 2.05) is 23.9 Å². The summed E-state index contributed by atoms with van der Waals surface area (Å²) in [5.41, 5.74) is 3.38. The van der Waals surface area contributed by atoms with Gasteiger partial charge in [-0.25, -0.2) is 0 Å². The van der Waals surface area contributed by atoms with Gasteiger partial charge >= 0.3 is 0 Å². The lowest BCUT2D eigenvalue weighted by Gasteiger charge is -2.38. The molecule has 26 heavy (non-hydrogen) atoms. The molecule has 1 aliphatic carbocycles. The monoisotopic (exact) mass is 403 g/mol. The number of anilines is 1. The summed E-state index contributed by atoms with van der Waals surface area (Å²) in [6.07, 6.45) is 5.96. The largest absolute Gasteiger partial charge is 0.489 e. The fourth-order valence-corrected chi connectivity index (χ4v) is 5.25. The second-order valence-corrected chi connectivity index (χ2v) is 9.03.